The number of ether oxygens (including phenoxy) is 1. The van der Waals surface area contributed by atoms with Gasteiger partial charge < -0.3 is 10.1 Å². The summed E-state index contributed by atoms with van der Waals surface area (Å²) < 4.78 is 5.22. The van der Waals surface area contributed by atoms with Crippen LogP contribution in [-0.2, 0) is 14.3 Å². The van der Waals surface area contributed by atoms with Crippen LogP contribution in [0, 0.1) is 0 Å². The maximum Gasteiger partial charge on any atom is 0.319 e. The molecule has 1 aromatic carbocycles. The Bertz CT molecular complexity index is 712. The Kier molecular flexibility index (Phi) is 6.63. The third-order valence-corrected chi connectivity index (χ3v) is 4.46. The van der Waals surface area contributed by atoms with Crippen LogP contribution >= 0.6 is 23.4 Å². The van der Waals surface area contributed by atoms with E-state index < -0.39 is 23.2 Å². The van der Waals surface area contributed by atoms with Gasteiger partial charge in [0, 0.05) is 11.1 Å². The fraction of sp³-hybridized carbons (Fsp3) is 0.235. The van der Waals surface area contributed by atoms with Crippen molar-refractivity contribution in [3.8, 4) is 0 Å². The van der Waals surface area contributed by atoms with Gasteiger partial charge in [-0.3, -0.25) is 9.59 Å². The van der Waals surface area contributed by atoms with Gasteiger partial charge in [0.1, 0.15) is 5.25 Å². The number of hydrogen-bond donors (Lipinski definition) is 1. The van der Waals surface area contributed by atoms with Crippen molar-refractivity contribution in [1.29, 1.82) is 0 Å². The summed E-state index contributed by atoms with van der Waals surface area (Å²) >= 11 is 7.26. The molecule has 2 atom stereocenters. The number of pyridine rings is 1. The van der Waals surface area contributed by atoms with Gasteiger partial charge in [-0.15, -0.1) is 11.8 Å². The standard InChI is InChI=1S/C17H17ClN2O3S/c1-11(16(21)20-14-9-6-10-19-15(14)18)23-17(22)12(2)24-13-7-4-3-5-8-13/h3-12H,1-2H3,(H,20,21)/t11-,12+/m0/s1. The molecule has 24 heavy (non-hydrogen) atoms. The highest BCUT2D eigenvalue weighted by molar-refractivity contribution is 8.00. The van der Waals surface area contributed by atoms with Crippen LogP contribution in [-0.4, -0.2) is 28.2 Å². The lowest BCUT2D eigenvalue weighted by atomic mass is 10.3. The number of rotatable bonds is 6. The summed E-state index contributed by atoms with van der Waals surface area (Å²) in [6, 6.07) is 12.8. The summed E-state index contributed by atoms with van der Waals surface area (Å²) in [5.41, 5.74) is 0.374. The van der Waals surface area contributed by atoms with Crippen molar-refractivity contribution in [2.24, 2.45) is 0 Å². The summed E-state index contributed by atoms with van der Waals surface area (Å²) in [5.74, 6) is -0.918. The molecule has 0 aliphatic heterocycles. The zero-order valence-corrected chi connectivity index (χ0v) is 14.8. The van der Waals surface area contributed by atoms with Gasteiger partial charge >= 0.3 is 5.97 Å². The van der Waals surface area contributed by atoms with Crippen LogP contribution in [0.15, 0.2) is 53.6 Å². The molecule has 0 aliphatic carbocycles. The van der Waals surface area contributed by atoms with Gasteiger partial charge in [-0.05, 0) is 38.1 Å². The molecule has 0 saturated carbocycles. The summed E-state index contributed by atoms with van der Waals surface area (Å²) in [4.78, 5) is 29.0. The van der Waals surface area contributed by atoms with E-state index in [1.807, 2.05) is 30.3 Å². The second-order valence-corrected chi connectivity index (χ2v) is 6.76. The summed E-state index contributed by atoms with van der Waals surface area (Å²) in [5, 5.41) is 2.34. The molecule has 0 saturated heterocycles. The average molecular weight is 365 g/mol. The highest BCUT2D eigenvalue weighted by atomic mass is 35.5. The number of esters is 1. The summed E-state index contributed by atoms with van der Waals surface area (Å²) in [6.45, 7) is 3.25. The number of carbonyl (C=O) groups excluding carboxylic acids is 2. The summed E-state index contributed by atoms with van der Waals surface area (Å²) in [7, 11) is 0. The van der Waals surface area contributed by atoms with Crippen LogP contribution in [0.5, 0.6) is 0 Å². The molecule has 0 unspecified atom stereocenters. The first-order valence-corrected chi connectivity index (χ1v) is 8.56. The Morgan fingerprint density at radius 3 is 2.54 bits per heavy atom. The number of carbonyl (C=O) groups is 2. The first kappa shape index (κ1) is 18.3. The molecule has 126 valence electrons. The molecule has 1 heterocycles. The third kappa shape index (κ3) is 5.25. The molecule has 1 amide bonds. The fourth-order valence-electron chi connectivity index (χ4n) is 1.79. The number of nitrogens with one attached hydrogen (secondary N) is 1. The lowest BCUT2D eigenvalue weighted by Crippen LogP contribution is -2.32. The number of nitrogens with zero attached hydrogens (tertiary/aromatic N) is 1. The Morgan fingerprint density at radius 2 is 1.88 bits per heavy atom. The molecule has 7 heteroatoms. The monoisotopic (exact) mass is 364 g/mol. The van der Waals surface area contributed by atoms with Crippen molar-refractivity contribution < 1.29 is 14.3 Å². The normalized spacial score (nSPS) is 13.0. The Balaban J connectivity index is 1.88. The van der Waals surface area contributed by atoms with Crippen LogP contribution in [0.1, 0.15) is 13.8 Å². The van der Waals surface area contributed by atoms with E-state index in [2.05, 4.69) is 10.3 Å². The molecule has 1 N–H and O–H groups in total. The number of amides is 1. The Hall–Kier alpha value is -2.05. The van der Waals surface area contributed by atoms with Crippen molar-refractivity contribution in [2.45, 2.75) is 30.1 Å². The minimum atomic E-state index is -0.937. The van der Waals surface area contributed by atoms with Crippen molar-refractivity contribution >= 4 is 40.9 Å². The molecule has 0 aliphatic rings. The number of hydrogen-bond acceptors (Lipinski definition) is 5. The quantitative estimate of drug-likeness (QED) is 0.480. The van der Waals surface area contributed by atoms with E-state index in [0.29, 0.717) is 5.69 Å². The van der Waals surface area contributed by atoms with E-state index in [1.54, 1.807) is 19.1 Å². The molecule has 1 aromatic heterocycles. The topological polar surface area (TPSA) is 68.3 Å². The van der Waals surface area contributed by atoms with Gasteiger partial charge in [0.2, 0.25) is 0 Å². The van der Waals surface area contributed by atoms with E-state index in [1.165, 1.54) is 24.9 Å². The number of anilines is 1. The van der Waals surface area contributed by atoms with Gasteiger partial charge in [-0.2, -0.15) is 0 Å². The lowest BCUT2D eigenvalue weighted by molar-refractivity contribution is -0.152. The van der Waals surface area contributed by atoms with Crippen molar-refractivity contribution in [3.63, 3.8) is 0 Å². The number of benzene rings is 1. The van der Waals surface area contributed by atoms with Gasteiger partial charge in [-0.1, -0.05) is 29.8 Å². The fourth-order valence-corrected chi connectivity index (χ4v) is 2.83. The van der Waals surface area contributed by atoms with Crippen molar-refractivity contribution in [2.75, 3.05) is 5.32 Å². The molecular weight excluding hydrogens is 348 g/mol. The number of halogens is 1. The summed E-state index contributed by atoms with van der Waals surface area (Å²) in [6.07, 6.45) is 0.580. The Morgan fingerprint density at radius 1 is 1.17 bits per heavy atom. The van der Waals surface area contributed by atoms with E-state index in [4.69, 9.17) is 16.3 Å². The maximum atomic E-state index is 12.1. The first-order valence-electron chi connectivity index (χ1n) is 7.31. The number of thioether (sulfide) groups is 1. The Labute approximate surface area is 149 Å². The average Bonchev–Trinajstić information content (AvgIpc) is 2.57. The molecule has 0 fully saturated rings. The highest BCUT2D eigenvalue weighted by Gasteiger charge is 2.23. The molecule has 2 aromatic rings. The van der Waals surface area contributed by atoms with Crippen LogP contribution in [0.25, 0.3) is 0 Å². The highest BCUT2D eigenvalue weighted by Crippen LogP contribution is 2.24. The van der Waals surface area contributed by atoms with E-state index in [0.717, 1.165) is 4.90 Å². The second-order valence-electron chi connectivity index (χ2n) is 4.98. The van der Waals surface area contributed by atoms with Gasteiger partial charge in [-0.25, -0.2) is 4.98 Å². The molecule has 0 bridgehead atoms. The van der Waals surface area contributed by atoms with Crippen molar-refractivity contribution in [1.82, 2.24) is 4.98 Å². The van der Waals surface area contributed by atoms with E-state index in [-0.39, 0.29) is 5.15 Å². The minimum Gasteiger partial charge on any atom is -0.452 e. The van der Waals surface area contributed by atoms with Gasteiger partial charge in [0.05, 0.1) is 5.69 Å². The van der Waals surface area contributed by atoms with Crippen LogP contribution in [0.4, 0.5) is 5.69 Å². The first-order chi connectivity index (χ1) is 11.5. The zero-order chi connectivity index (χ0) is 17.5. The molecule has 2 rings (SSSR count). The van der Waals surface area contributed by atoms with Crippen LogP contribution < -0.4 is 5.32 Å². The van der Waals surface area contributed by atoms with E-state index >= 15 is 0 Å². The van der Waals surface area contributed by atoms with Crippen LogP contribution in [0.3, 0.4) is 0 Å². The van der Waals surface area contributed by atoms with E-state index in [9.17, 15) is 9.59 Å². The third-order valence-electron chi connectivity index (χ3n) is 3.07. The van der Waals surface area contributed by atoms with Crippen molar-refractivity contribution in [3.05, 3.63) is 53.8 Å². The molecule has 0 radical (unpaired) electrons. The SMILES string of the molecule is C[C@H](OC(=O)[C@@H](C)Sc1ccccc1)C(=O)Nc1cccnc1Cl. The zero-order valence-electron chi connectivity index (χ0n) is 13.2. The maximum absolute atomic E-state index is 12.1. The van der Waals surface area contributed by atoms with Gasteiger partial charge in [0.25, 0.3) is 5.91 Å². The molecule has 5 nitrogen and oxygen atoms in total. The second kappa shape index (κ2) is 8.70. The van der Waals surface area contributed by atoms with Gasteiger partial charge in [0.15, 0.2) is 11.3 Å². The smallest absolute Gasteiger partial charge is 0.319 e. The molecular formula is C17H17ClN2O3S. The van der Waals surface area contributed by atoms with Crippen LogP contribution in [0.2, 0.25) is 5.15 Å². The molecule has 0 spiro atoms. The lowest BCUT2D eigenvalue weighted by Gasteiger charge is -2.16. The minimum absolute atomic E-state index is 0.178. The predicted octanol–water partition coefficient (Wildman–Crippen LogP) is 3.79. The number of aromatic nitrogens is 1. The predicted molar refractivity (Wildman–Crippen MR) is 95.2 cm³/mol. The largest absolute Gasteiger partial charge is 0.452 e.